The van der Waals surface area contributed by atoms with Crippen molar-refractivity contribution in [2.75, 3.05) is 12.4 Å². The molecule has 0 aliphatic carbocycles. The zero-order valence-electron chi connectivity index (χ0n) is 14.3. The average Bonchev–Trinajstić information content (AvgIpc) is 3.11. The van der Waals surface area contributed by atoms with Gasteiger partial charge in [-0.2, -0.15) is 11.8 Å². The van der Waals surface area contributed by atoms with Gasteiger partial charge >= 0.3 is 0 Å². The molecule has 0 saturated carbocycles. The molecule has 3 nitrogen and oxygen atoms in total. The van der Waals surface area contributed by atoms with Gasteiger partial charge in [0.1, 0.15) is 16.6 Å². The molecule has 26 heavy (non-hydrogen) atoms. The molecule has 0 bridgehead atoms. The second kappa shape index (κ2) is 8.96. The number of thiazole rings is 1. The Kier molecular flexibility index (Phi) is 6.41. The number of benzene rings is 2. The highest BCUT2D eigenvalue weighted by atomic mass is 32.2. The standard InChI is InChI=1S/C20H18FNO2S2/c1-14(23)18-4-2-3-5-19(18)24-10-11-25-12-17-13-26-20(22-17)15-6-8-16(21)9-7-15/h2-9,13H,10-12H2,1H3. The van der Waals surface area contributed by atoms with E-state index in [1.807, 2.05) is 23.6 Å². The molecule has 6 heteroatoms. The van der Waals surface area contributed by atoms with Crippen molar-refractivity contribution in [1.82, 2.24) is 4.98 Å². The van der Waals surface area contributed by atoms with E-state index in [-0.39, 0.29) is 11.6 Å². The smallest absolute Gasteiger partial charge is 0.163 e. The molecule has 3 aromatic rings. The molecule has 0 aliphatic heterocycles. The van der Waals surface area contributed by atoms with Crippen molar-refractivity contribution >= 4 is 28.9 Å². The molecular weight excluding hydrogens is 369 g/mol. The summed E-state index contributed by atoms with van der Waals surface area (Å²) in [6, 6.07) is 13.7. The second-order valence-electron chi connectivity index (χ2n) is 5.60. The van der Waals surface area contributed by atoms with E-state index >= 15 is 0 Å². The van der Waals surface area contributed by atoms with Gasteiger partial charge in [-0.15, -0.1) is 11.3 Å². The normalized spacial score (nSPS) is 10.7. The van der Waals surface area contributed by atoms with Crippen LogP contribution in [0.3, 0.4) is 0 Å². The lowest BCUT2D eigenvalue weighted by Gasteiger charge is -2.09. The van der Waals surface area contributed by atoms with E-state index in [2.05, 4.69) is 4.98 Å². The van der Waals surface area contributed by atoms with Crippen molar-refractivity contribution in [3.63, 3.8) is 0 Å². The Hall–Kier alpha value is -2.18. The van der Waals surface area contributed by atoms with E-state index in [0.29, 0.717) is 17.9 Å². The van der Waals surface area contributed by atoms with Gasteiger partial charge in [-0.1, -0.05) is 12.1 Å². The van der Waals surface area contributed by atoms with Crippen LogP contribution in [0.4, 0.5) is 4.39 Å². The summed E-state index contributed by atoms with van der Waals surface area (Å²) < 4.78 is 18.7. The van der Waals surface area contributed by atoms with Gasteiger partial charge in [0, 0.05) is 22.4 Å². The van der Waals surface area contributed by atoms with Gasteiger partial charge in [-0.05, 0) is 43.3 Å². The van der Waals surface area contributed by atoms with Crippen LogP contribution in [0, 0.1) is 5.82 Å². The first kappa shape index (κ1) is 18.6. The van der Waals surface area contributed by atoms with E-state index in [1.165, 1.54) is 19.1 Å². The molecule has 134 valence electrons. The third-order valence-electron chi connectivity index (χ3n) is 3.64. The predicted octanol–water partition coefficient (Wildman–Crippen LogP) is 5.46. The van der Waals surface area contributed by atoms with Crippen LogP contribution in [0.25, 0.3) is 10.6 Å². The first-order valence-electron chi connectivity index (χ1n) is 8.14. The highest BCUT2D eigenvalue weighted by molar-refractivity contribution is 7.98. The zero-order valence-corrected chi connectivity index (χ0v) is 15.9. The maximum absolute atomic E-state index is 13.0. The summed E-state index contributed by atoms with van der Waals surface area (Å²) in [7, 11) is 0. The minimum absolute atomic E-state index is 0.00375. The van der Waals surface area contributed by atoms with Gasteiger partial charge in [0.15, 0.2) is 5.78 Å². The van der Waals surface area contributed by atoms with Crippen molar-refractivity contribution < 1.29 is 13.9 Å². The number of Topliss-reactive ketones (excluding diaryl/α,β-unsaturated/α-hetero) is 1. The molecule has 0 aliphatic rings. The molecule has 1 aromatic heterocycles. The number of halogens is 1. The molecule has 0 spiro atoms. The minimum Gasteiger partial charge on any atom is -0.492 e. The van der Waals surface area contributed by atoms with Gasteiger partial charge in [-0.3, -0.25) is 4.79 Å². The lowest BCUT2D eigenvalue weighted by Crippen LogP contribution is -2.04. The fourth-order valence-corrected chi connectivity index (χ4v) is 4.00. The molecule has 1 heterocycles. The number of hydrogen-bond acceptors (Lipinski definition) is 5. The molecular formula is C20H18FNO2S2. The molecule has 0 amide bonds. The number of ketones is 1. The highest BCUT2D eigenvalue weighted by Crippen LogP contribution is 2.26. The number of ether oxygens (including phenoxy) is 1. The van der Waals surface area contributed by atoms with E-state index in [1.54, 1.807) is 41.3 Å². The molecule has 0 N–H and O–H groups in total. The quantitative estimate of drug-likeness (QED) is 0.380. The maximum Gasteiger partial charge on any atom is 0.163 e. The van der Waals surface area contributed by atoms with Crippen LogP contribution in [-0.4, -0.2) is 23.1 Å². The Labute approximate surface area is 160 Å². The van der Waals surface area contributed by atoms with Crippen LogP contribution in [0.15, 0.2) is 53.9 Å². The number of thioether (sulfide) groups is 1. The van der Waals surface area contributed by atoms with Crippen LogP contribution < -0.4 is 4.74 Å². The number of carbonyl (C=O) groups is 1. The summed E-state index contributed by atoms with van der Waals surface area (Å²) in [4.78, 5) is 16.2. The summed E-state index contributed by atoms with van der Waals surface area (Å²) in [5.41, 5.74) is 2.54. The van der Waals surface area contributed by atoms with Crippen molar-refractivity contribution in [2.45, 2.75) is 12.7 Å². The van der Waals surface area contributed by atoms with E-state index in [0.717, 1.165) is 27.8 Å². The van der Waals surface area contributed by atoms with Gasteiger partial charge in [0.25, 0.3) is 0 Å². The molecule has 0 atom stereocenters. The Morgan fingerprint density at radius 1 is 1.19 bits per heavy atom. The first-order valence-corrected chi connectivity index (χ1v) is 10.2. The van der Waals surface area contributed by atoms with E-state index in [4.69, 9.17) is 4.74 Å². The fourth-order valence-electron chi connectivity index (χ4n) is 2.37. The monoisotopic (exact) mass is 387 g/mol. The fraction of sp³-hybridized carbons (Fsp3) is 0.200. The minimum atomic E-state index is -0.243. The molecule has 3 rings (SSSR count). The van der Waals surface area contributed by atoms with Crippen molar-refractivity contribution in [3.05, 3.63) is 71.0 Å². The summed E-state index contributed by atoms with van der Waals surface area (Å²) >= 11 is 3.28. The van der Waals surface area contributed by atoms with Crippen LogP contribution in [0.5, 0.6) is 5.75 Å². The number of rotatable bonds is 8. The third-order valence-corrected chi connectivity index (χ3v) is 5.54. The lowest BCUT2D eigenvalue weighted by atomic mass is 10.1. The average molecular weight is 388 g/mol. The molecule has 0 fully saturated rings. The maximum atomic E-state index is 13.0. The molecule has 0 radical (unpaired) electrons. The number of para-hydroxylation sites is 1. The van der Waals surface area contributed by atoms with Crippen LogP contribution in [0.1, 0.15) is 23.0 Å². The Morgan fingerprint density at radius 2 is 1.96 bits per heavy atom. The van der Waals surface area contributed by atoms with Gasteiger partial charge in [-0.25, -0.2) is 9.37 Å². The summed E-state index contributed by atoms with van der Waals surface area (Å²) in [5.74, 6) is 1.98. The number of hydrogen-bond donors (Lipinski definition) is 0. The zero-order chi connectivity index (χ0) is 18.4. The van der Waals surface area contributed by atoms with Crippen LogP contribution >= 0.6 is 23.1 Å². The molecule has 2 aromatic carbocycles. The first-order chi connectivity index (χ1) is 12.6. The van der Waals surface area contributed by atoms with Crippen molar-refractivity contribution in [2.24, 2.45) is 0 Å². The number of nitrogens with zero attached hydrogens (tertiary/aromatic N) is 1. The third kappa shape index (κ3) is 4.93. The largest absolute Gasteiger partial charge is 0.492 e. The van der Waals surface area contributed by atoms with E-state index in [9.17, 15) is 9.18 Å². The summed E-state index contributed by atoms with van der Waals surface area (Å²) in [6.45, 7) is 2.07. The summed E-state index contributed by atoms with van der Waals surface area (Å²) in [6.07, 6.45) is 0. The summed E-state index contributed by atoms with van der Waals surface area (Å²) in [5, 5.41) is 2.92. The van der Waals surface area contributed by atoms with Crippen LogP contribution in [0.2, 0.25) is 0 Å². The lowest BCUT2D eigenvalue weighted by molar-refractivity contribution is 0.101. The topological polar surface area (TPSA) is 39.2 Å². The Morgan fingerprint density at radius 3 is 2.73 bits per heavy atom. The second-order valence-corrected chi connectivity index (χ2v) is 7.57. The molecule has 0 saturated heterocycles. The van der Waals surface area contributed by atoms with Crippen molar-refractivity contribution in [1.29, 1.82) is 0 Å². The van der Waals surface area contributed by atoms with Crippen molar-refractivity contribution in [3.8, 4) is 16.3 Å². The van der Waals surface area contributed by atoms with Gasteiger partial charge < -0.3 is 4.74 Å². The Balaban J connectivity index is 1.46. The Bertz CT molecular complexity index is 878. The predicted molar refractivity (Wildman–Crippen MR) is 106 cm³/mol. The van der Waals surface area contributed by atoms with E-state index < -0.39 is 0 Å². The molecule has 0 unspecified atom stereocenters. The number of aromatic nitrogens is 1. The van der Waals surface area contributed by atoms with Gasteiger partial charge in [0.05, 0.1) is 17.9 Å². The highest BCUT2D eigenvalue weighted by Gasteiger charge is 2.08. The number of carbonyl (C=O) groups excluding carboxylic acids is 1. The van der Waals surface area contributed by atoms with Crippen LogP contribution in [-0.2, 0) is 5.75 Å². The SMILES string of the molecule is CC(=O)c1ccccc1OCCSCc1csc(-c2ccc(F)cc2)n1. The van der Waals surface area contributed by atoms with Gasteiger partial charge in [0.2, 0.25) is 0 Å².